The van der Waals surface area contributed by atoms with E-state index < -0.39 is 6.09 Å². The number of hydrogen-bond acceptors (Lipinski definition) is 2. The predicted octanol–water partition coefficient (Wildman–Crippen LogP) is 5.70. The maximum atomic E-state index is 10.1. The first kappa shape index (κ1) is 24.5. The van der Waals surface area contributed by atoms with Gasteiger partial charge in [-0.3, -0.25) is 0 Å². The average molecular weight is 331 g/mol. The van der Waals surface area contributed by atoms with Gasteiger partial charge in [-0.05, 0) is 19.4 Å². The molecule has 23 heavy (non-hydrogen) atoms. The van der Waals surface area contributed by atoms with Crippen LogP contribution in [0, 0.1) is 0 Å². The zero-order valence-electron chi connectivity index (χ0n) is 15.7. The van der Waals surface area contributed by atoms with Crippen LogP contribution in [0.5, 0.6) is 0 Å². The first-order chi connectivity index (χ1) is 11.2. The van der Waals surface area contributed by atoms with Gasteiger partial charge in [-0.25, -0.2) is 4.79 Å². The molecule has 0 saturated heterocycles. The van der Waals surface area contributed by atoms with Crippen molar-refractivity contribution < 1.29 is 9.90 Å². The Morgan fingerprint density at radius 2 is 1.13 bits per heavy atom. The van der Waals surface area contributed by atoms with E-state index in [1.54, 1.807) is 0 Å². The van der Waals surface area contributed by atoms with Crippen LogP contribution in [0.15, 0.2) is 0 Å². The molecule has 140 valence electrons. The van der Waals surface area contributed by atoms with Crippen LogP contribution < -0.4 is 11.1 Å². The predicted molar refractivity (Wildman–Crippen MR) is 101 cm³/mol. The van der Waals surface area contributed by atoms with Crippen LogP contribution >= 0.6 is 0 Å². The van der Waals surface area contributed by atoms with Gasteiger partial charge in [0.1, 0.15) is 0 Å². The zero-order valence-corrected chi connectivity index (χ0v) is 15.7. The molecule has 0 fully saturated rings. The Labute approximate surface area is 144 Å². The van der Waals surface area contributed by atoms with Crippen LogP contribution in [0.4, 0.5) is 4.79 Å². The van der Waals surface area contributed by atoms with Gasteiger partial charge >= 0.3 is 6.09 Å². The molecule has 0 saturated carbocycles. The first-order valence-corrected chi connectivity index (χ1v) is 9.85. The summed E-state index contributed by atoms with van der Waals surface area (Å²) < 4.78 is 0. The molecule has 0 unspecified atom stereocenters. The van der Waals surface area contributed by atoms with Crippen molar-refractivity contribution in [2.45, 2.75) is 104 Å². The van der Waals surface area contributed by atoms with E-state index in [0.29, 0.717) is 6.54 Å². The highest BCUT2D eigenvalue weighted by Gasteiger charge is 1.94. The fraction of sp³-hybridized carbons (Fsp3) is 0.947. The normalized spacial score (nSPS) is 10.0. The third-order valence-corrected chi connectivity index (χ3v) is 3.86. The Hall–Kier alpha value is -0.770. The summed E-state index contributed by atoms with van der Waals surface area (Å²) in [6.07, 6.45) is 17.1. The summed E-state index contributed by atoms with van der Waals surface area (Å²) in [5, 5.41) is 10.7. The van der Waals surface area contributed by atoms with Gasteiger partial charge in [0.15, 0.2) is 0 Å². The molecule has 0 bridgehead atoms. The van der Waals surface area contributed by atoms with Gasteiger partial charge in [0.05, 0.1) is 0 Å². The van der Waals surface area contributed by atoms with E-state index in [9.17, 15) is 4.79 Å². The van der Waals surface area contributed by atoms with Crippen molar-refractivity contribution >= 4 is 6.09 Å². The second-order valence-corrected chi connectivity index (χ2v) is 6.26. The summed E-state index contributed by atoms with van der Waals surface area (Å²) in [7, 11) is 0. The minimum absolute atomic E-state index is 0.601. The van der Waals surface area contributed by atoms with Gasteiger partial charge in [-0.15, -0.1) is 0 Å². The van der Waals surface area contributed by atoms with Crippen LogP contribution in [-0.2, 0) is 0 Å². The lowest BCUT2D eigenvalue weighted by Crippen LogP contribution is -2.21. The molecule has 0 rings (SSSR count). The molecule has 0 atom stereocenters. The molecule has 0 aromatic rings. The Kier molecular flexibility index (Phi) is 25.0. The maximum absolute atomic E-state index is 10.1. The minimum atomic E-state index is -0.909. The number of nitrogens with two attached hydrogens (primary N) is 1. The van der Waals surface area contributed by atoms with Crippen LogP contribution in [0.2, 0.25) is 0 Å². The number of rotatable bonds is 15. The van der Waals surface area contributed by atoms with Crippen molar-refractivity contribution in [2.24, 2.45) is 5.73 Å². The quantitative estimate of drug-likeness (QED) is 0.337. The first-order valence-electron chi connectivity index (χ1n) is 9.85. The molecular weight excluding hydrogens is 288 g/mol. The molecule has 4 nitrogen and oxygen atoms in total. The molecule has 0 aliphatic heterocycles. The molecule has 4 heteroatoms. The monoisotopic (exact) mass is 330 g/mol. The Morgan fingerprint density at radius 3 is 1.52 bits per heavy atom. The average Bonchev–Trinajstić information content (AvgIpc) is 2.54. The molecule has 4 N–H and O–H groups in total. The SMILES string of the molecule is CCCCCCCCCCNC(=O)O.CCCCCCCCN. The number of nitrogens with one attached hydrogen (secondary N) is 1. The van der Waals surface area contributed by atoms with Gasteiger partial charge < -0.3 is 16.2 Å². The lowest BCUT2D eigenvalue weighted by Gasteiger charge is -2.01. The zero-order chi connectivity index (χ0) is 17.6. The molecule has 0 aromatic heterocycles. The fourth-order valence-corrected chi connectivity index (χ4v) is 2.38. The molecule has 0 heterocycles. The molecule has 0 aliphatic rings. The van der Waals surface area contributed by atoms with E-state index in [-0.39, 0.29) is 0 Å². The molecule has 0 aromatic carbocycles. The highest BCUT2D eigenvalue weighted by Crippen LogP contribution is 2.07. The number of amides is 1. The fourth-order valence-electron chi connectivity index (χ4n) is 2.38. The number of carboxylic acid groups (broad SMARTS) is 1. The summed E-state index contributed by atoms with van der Waals surface area (Å²) in [6, 6.07) is 0. The van der Waals surface area contributed by atoms with Crippen LogP contribution in [-0.4, -0.2) is 24.3 Å². The molecule has 0 radical (unpaired) electrons. The summed E-state index contributed by atoms with van der Waals surface area (Å²) in [5.74, 6) is 0. The summed E-state index contributed by atoms with van der Waals surface area (Å²) in [6.45, 7) is 5.93. The summed E-state index contributed by atoms with van der Waals surface area (Å²) in [5.41, 5.74) is 5.34. The second-order valence-electron chi connectivity index (χ2n) is 6.26. The maximum Gasteiger partial charge on any atom is 0.404 e. The largest absolute Gasteiger partial charge is 0.465 e. The van der Waals surface area contributed by atoms with Crippen molar-refractivity contribution in [1.29, 1.82) is 0 Å². The van der Waals surface area contributed by atoms with Crippen LogP contribution in [0.25, 0.3) is 0 Å². The number of hydrogen-bond donors (Lipinski definition) is 3. The lowest BCUT2D eigenvalue weighted by atomic mass is 10.1. The Bertz CT molecular complexity index is 217. The van der Waals surface area contributed by atoms with Gasteiger partial charge in [-0.2, -0.15) is 0 Å². The second kappa shape index (κ2) is 23.5. The highest BCUT2D eigenvalue weighted by molar-refractivity contribution is 5.64. The summed E-state index contributed by atoms with van der Waals surface area (Å²) in [4.78, 5) is 10.1. The summed E-state index contributed by atoms with van der Waals surface area (Å²) >= 11 is 0. The number of unbranched alkanes of at least 4 members (excludes halogenated alkanes) is 12. The van der Waals surface area contributed by atoms with Gasteiger partial charge in [-0.1, -0.05) is 90.9 Å². The van der Waals surface area contributed by atoms with Crippen LogP contribution in [0.1, 0.15) is 104 Å². The smallest absolute Gasteiger partial charge is 0.404 e. The minimum Gasteiger partial charge on any atom is -0.465 e. The Balaban J connectivity index is 0. The van der Waals surface area contributed by atoms with Crippen molar-refractivity contribution in [2.75, 3.05) is 13.1 Å². The van der Waals surface area contributed by atoms with Gasteiger partial charge in [0.25, 0.3) is 0 Å². The van der Waals surface area contributed by atoms with Crippen LogP contribution in [0.3, 0.4) is 0 Å². The Morgan fingerprint density at radius 1 is 0.739 bits per heavy atom. The third kappa shape index (κ3) is 29.8. The van der Waals surface area contributed by atoms with Gasteiger partial charge in [0, 0.05) is 6.54 Å². The van der Waals surface area contributed by atoms with Crippen molar-refractivity contribution in [3.05, 3.63) is 0 Å². The molecular formula is C19H42N2O2. The third-order valence-electron chi connectivity index (χ3n) is 3.86. The molecule has 0 aliphatic carbocycles. The van der Waals surface area contributed by atoms with E-state index in [1.165, 1.54) is 77.0 Å². The van der Waals surface area contributed by atoms with Crippen molar-refractivity contribution in [1.82, 2.24) is 5.32 Å². The van der Waals surface area contributed by atoms with E-state index in [4.69, 9.17) is 10.8 Å². The highest BCUT2D eigenvalue weighted by atomic mass is 16.4. The van der Waals surface area contributed by atoms with Crippen molar-refractivity contribution in [3.8, 4) is 0 Å². The molecule has 1 amide bonds. The number of carbonyl (C=O) groups is 1. The van der Waals surface area contributed by atoms with E-state index in [2.05, 4.69) is 19.2 Å². The molecule has 0 spiro atoms. The van der Waals surface area contributed by atoms with E-state index in [0.717, 1.165) is 19.4 Å². The van der Waals surface area contributed by atoms with Gasteiger partial charge in [0.2, 0.25) is 0 Å². The van der Waals surface area contributed by atoms with Crippen molar-refractivity contribution in [3.63, 3.8) is 0 Å². The topological polar surface area (TPSA) is 75.3 Å². The standard InChI is InChI=1S/C11H23NO2.C8H19N/c1-2-3-4-5-6-7-8-9-10-12-11(13)14;1-2-3-4-5-6-7-8-9/h12H,2-10H2,1H3,(H,13,14);2-9H2,1H3. The lowest BCUT2D eigenvalue weighted by molar-refractivity contribution is 0.194. The van der Waals surface area contributed by atoms with E-state index in [1.807, 2.05) is 0 Å². The van der Waals surface area contributed by atoms with E-state index >= 15 is 0 Å².